The van der Waals surface area contributed by atoms with Crippen LogP contribution in [0.1, 0.15) is 29.9 Å². The number of halogens is 3. The molecule has 0 saturated heterocycles. The van der Waals surface area contributed by atoms with E-state index in [0.717, 1.165) is 0 Å². The van der Waals surface area contributed by atoms with Gasteiger partial charge in [-0.25, -0.2) is 9.48 Å². The summed E-state index contributed by atoms with van der Waals surface area (Å²) in [5.41, 5.74) is 1.16. The van der Waals surface area contributed by atoms with E-state index < -0.39 is 11.6 Å². The normalized spacial score (nSPS) is 14.3. The lowest BCUT2D eigenvalue weighted by atomic mass is 9.89. The fraction of sp³-hybridized carbons (Fsp3) is 0.158. The smallest absolute Gasteiger partial charge is 0.356 e. The monoisotopic (exact) mass is 422 g/mol. The molecule has 3 aromatic rings. The maximum absolute atomic E-state index is 11.9. The molecular formula is C19H13Cl3N2O3. The number of nitrogens with zero attached hydrogens (tertiary/aromatic N) is 2. The predicted octanol–water partition coefficient (Wildman–Crippen LogP) is 5.83. The third kappa shape index (κ3) is 2.87. The molecule has 4 rings (SSSR count). The van der Waals surface area contributed by atoms with Gasteiger partial charge in [-0.3, -0.25) is 0 Å². The van der Waals surface area contributed by atoms with Crippen LogP contribution in [-0.2, 0) is 5.60 Å². The fourth-order valence-electron chi connectivity index (χ4n) is 3.32. The van der Waals surface area contributed by atoms with Crippen molar-refractivity contribution in [3.05, 3.63) is 62.7 Å². The summed E-state index contributed by atoms with van der Waals surface area (Å²) >= 11 is 18.6. The van der Waals surface area contributed by atoms with Crippen LogP contribution in [-0.4, -0.2) is 20.9 Å². The molecule has 0 fully saturated rings. The lowest BCUT2D eigenvalue weighted by molar-refractivity contribution is 0.0665. The van der Waals surface area contributed by atoms with Gasteiger partial charge in [-0.15, -0.1) is 0 Å². The minimum absolute atomic E-state index is 0.105. The van der Waals surface area contributed by atoms with Crippen LogP contribution in [0.15, 0.2) is 36.4 Å². The molecule has 0 atom stereocenters. The van der Waals surface area contributed by atoms with Gasteiger partial charge in [0.25, 0.3) is 0 Å². The van der Waals surface area contributed by atoms with E-state index in [1.165, 1.54) is 4.68 Å². The number of carboxylic acids is 1. The van der Waals surface area contributed by atoms with Gasteiger partial charge in [-0.05, 0) is 50.2 Å². The zero-order valence-electron chi connectivity index (χ0n) is 14.3. The van der Waals surface area contributed by atoms with Gasteiger partial charge in [-0.1, -0.05) is 34.8 Å². The second-order valence-corrected chi connectivity index (χ2v) is 7.92. The largest absolute Gasteiger partial charge is 0.482 e. The van der Waals surface area contributed by atoms with Crippen molar-refractivity contribution in [3.63, 3.8) is 0 Å². The molecule has 0 amide bonds. The van der Waals surface area contributed by atoms with Crippen LogP contribution in [0, 0.1) is 0 Å². The highest BCUT2D eigenvalue weighted by molar-refractivity contribution is 6.35. The SMILES string of the molecule is CC1(C)Oc2ccc(Cl)cc2-c2c1c(C(=O)O)nn2-c1ccc(Cl)cc1Cl. The molecule has 2 aromatic carbocycles. The van der Waals surface area contributed by atoms with E-state index in [0.29, 0.717) is 43.3 Å². The number of hydrogen-bond donors (Lipinski definition) is 1. The van der Waals surface area contributed by atoms with Gasteiger partial charge in [0.05, 0.1) is 22.0 Å². The van der Waals surface area contributed by atoms with Crippen LogP contribution in [0.2, 0.25) is 15.1 Å². The molecule has 138 valence electrons. The third-order valence-corrected chi connectivity index (χ3v) is 5.16. The number of fused-ring (bicyclic) bond motifs is 3. The Labute approximate surface area is 170 Å². The lowest BCUT2D eigenvalue weighted by Gasteiger charge is -2.33. The summed E-state index contributed by atoms with van der Waals surface area (Å²) in [6.45, 7) is 3.59. The number of rotatable bonds is 2. The summed E-state index contributed by atoms with van der Waals surface area (Å²) < 4.78 is 7.57. The van der Waals surface area contributed by atoms with Gasteiger partial charge in [0.2, 0.25) is 0 Å². The molecule has 1 aliphatic heterocycles. The van der Waals surface area contributed by atoms with E-state index in [4.69, 9.17) is 39.5 Å². The molecule has 8 heteroatoms. The zero-order valence-corrected chi connectivity index (χ0v) is 16.5. The Balaban J connectivity index is 2.13. The lowest BCUT2D eigenvalue weighted by Crippen LogP contribution is -2.31. The van der Waals surface area contributed by atoms with E-state index in [1.807, 2.05) is 0 Å². The molecular weight excluding hydrogens is 411 g/mol. The maximum Gasteiger partial charge on any atom is 0.356 e. The summed E-state index contributed by atoms with van der Waals surface area (Å²) in [6.07, 6.45) is 0. The third-order valence-electron chi connectivity index (χ3n) is 4.39. The number of hydrogen-bond acceptors (Lipinski definition) is 3. The van der Waals surface area contributed by atoms with Gasteiger partial charge in [-0.2, -0.15) is 5.10 Å². The Bertz CT molecular complexity index is 1110. The van der Waals surface area contributed by atoms with Crippen molar-refractivity contribution in [3.8, 4) is 22.7 Å². The number of ether oxygens (including phenoxy) is 1. The second-order valence-electron chi connectivity index (χ2n) is 6.64. The summed E-state index contributed by atoms with van der Waals surface area (Å²) in [6, 6.07) is 10.1. The van der Waals surface area contributed by atoms with E-state index in [2.05, 4.69) is 5.10 Å². The van der Waals surface area contributed by atoms with Crippen LogP contribution in [0.25, 0.3) is 16.9 Å². The molecule has 2 heterocycles. The van der Waals surface area contributed by atoms with Crippen molar-refractivity contribution in [1.82, 2.24) is 9.78 Å². The summed E-state index contributed by atoms with van der Waals surface area (Å²) in [5.74, 6) is -0.572. The molecule has 0 unspecified atom stereocenters. The topological polar surface area (TPSA) is 64.3 Å². The van der Waals surface area contributed by atoms with Crippen LogP contribution < -0.4 is 4.74 Å². The summed E-state index contributed by atoms with van der Waals surface area (Å²) in [7, 11) is 0. The maximum atomic E-state index is 11.9. The predicted molar refractivity (Wildman–Crippen MR) is 105 cm³/mol. The van der Waals surface area contributed by atoms with E-state index in [9.17, 15) is 9.90 Å². The van der Waals surface area contributed by atoms with Crippen molar-refractivity contribution in [2.24, 2.45) is 0 Å². The van der Waals surface area contributed by atoms with Gasteiger partial charge in [0, 0.05) is 15.6 Å². The van der Waals surface area contributed by atoms with Gasteiger partial charge in [0.1, 0.15) is 11.4 Å². The van der Waals surface area contributed by atoms with Gasteiger partial charge in [0.15, 0.2) is 5.69 Å². The van der Waals surface area contributed by atoms with E-state index in [-0.39, 0.29) is 5.69 Å². The summed E-state index contributed by atoms with van der Waals surface area (Å²) in [4.78, 5) is 11.9. The highest BCUT2D eigenvalue weighted by atomic mass is 35.5. The van der Waals surface area contributed by atoms with Gasteiger partial charge >= 0.3 is 5.97 Å². The fourth-order valence-corrected chi connectivity index (χ4v) is 3.98. The Morgan fingerprint density at radius 3 is 2.44 bits per heavy atom. The van der Waals surface area contributed by atoms with Crippen LogP contribution in [0.3, 0.4) is 0 Å². The number of benzene rings is 2. The minimum Gasteiger partial charge on any atom is -0.482 e. The van der Waals surface area contributed by atoms with E-state index in [1.54, 1.807) is 50.2 Å². The Morgan fingerprint density at radius 1 is 1.11 bits per heavy atom. The van der Waals surface area contributed by atoms with Crippen LogP contribution in [0.5, 0.6) is 5.75 Å². The van der Waals surface area contributed by atoms with Crippen LogP contribution in [0.4, 0.5) is 0 Å². The molecule has 27 heavy (non-hydrogen) atoms. The molecule has 1 N–H and O–H groups in total. The number of aromatic carboxylic acids is 1. The van der Waals surface area contributed by atoms with Crippen molar-refractivity contribution >= 4 is 40.8 Å². The second kappa shape index (κ2) is 6.16. The molecule has 0 aliphatic carbocycles. The highest BCUT2D eigenvalue weighted by Gasteiger charge is 2.41. The Morgan fingerprint density at radius 2 is 1.78 bits per heavy atom. The molecule has 5 nitrogen and oxygen atoms in total. The summed E-state index contributed by atoms with van der Waals surface area (Å²) in [5, 5.41) is 15.4. The number of carbonyl (C=O) groups is 1. The first-order valence-corrected chi connectivity index (χ1v) is 9.13. The average Bonchev–Trinajstić information content (AvgIpc) is 2.97. The molecule has 0 radical (unpaired) electrons. The highest BCUT2D eigenvalue weighted by Crippen LogP contribution is 2.48. The average molecular weight is 424 g/mol. The van der Waals surface area contributed by atoms with E-state index >= 15 is 0 Å². The van der Waals surface area contributed by atoms with Crippen molar-refractivity contribution < 1.29 is 14.6 Å². The van der Waals surface area contributed by atoms with Crippen molar-refractivity contribution in [1.29, 1.82) is 0 Å². The first-order valence-electron chi connectivity index (χ1n) is 8.00. The van der Waals surface area contributed by atoms with Crippen molar-refractivity contribution in [2.75, 3.05) is 0 Å². The quantitative estimate of drug-likeness (QED) is 0.563. The Kier molecular flexibility index (Phi) is 4.14. The molecule has 0 bridgehead atoms. The van der Waals surface area contributed by atoms with Gasteiger partial charge < -0.3 is 9.84 Å². The van der Waals surface area contributed by atoms with Crippen LogP contribution >= 0.6 is 34.8 Å². The Hall–Kier alpha value is -2.21. The first kappa shape index (κ1) is 18.2. The first-order chi connectivity index (χ1) is 12.7. The standard InChI is InChI=1S/C19H13Cl3N2O3/c1-19(2)15-16(18(25)26)23-24(13-5-3-10(21)8-12(13)22)17(15)11-7-9(20)4-6-14(11)27-19/h3-8H,1-2H3,(H,25,26). The minimum atomic E-state index is -1.16. The number of aromatic nitrogens is 2. The number of carboxylic acid groups (broad SMARTS) is 1. The molecule has 1 aromatic heterocycles. The van der Waals surface area contributed by atoms with Crippen molar-refractivity contribution in [2.45, 2.75) is 19.4 Å². The molecule has 0 spiro atoms. The molecule has 1 aliphatic rings. The zero-order chi connectivity index (χ0) is 19.5. The molecule has 0 saturated carbocycles.